The van der Waals surface area contributed by atoms with Crippen LogP contribution in [0.25, 0.3) is 0 Å². The number of carbonyl (C=O) groups excluding carboxylic acids is 2. The minimum atomic E-state index is -0.648. The van der Waals surface area contributed by atoms with Crippen LogP contribution in [0.3, 0.4) is 0 Å². The van der Waals surface area contributed by atoms with Gasteiger partial charge in [-0.05, 0) is 19.1 Å². The Bertz CT molecular complexity index is 344. The maximum atomic E-state index is 10.9. The van der Waals surface area contributed by atoms with Gasteiger partial charge in [-0.2, -0.15) is 0 Å². The summed E-state index contributed by atoms with van der Waals surface area (Å²) in [7, 11) is 0. The fourth-order valence-corrected chi connectivity index (χ4v) is 0.854. The summed E-state index contributed by atoms with van der Waals surface area (Å²) in [6, 6.07) is 7.44. The SMILES string of the molecule is CC(=O)C(=O)NNc1ccc(C)cc1. The fourth-order valence-electron chi connectivity index (χ4n) is 0.854. The molecule has 0 atom stereocenters. The number of amides is 1. The van der Waals surface area contributed by atoms with Crippen LogP contribution in [-0.2, 0) is 9.59 Å². The van der Waals surface area contributed by atoms with E-state index in [1.54, 1.807) is 0 Å². The normalized spacial score (nSPS) is 9.29. The Kier molecular flexibility index (Phi) is 3.23. The van der Waals surface area contributed by atoms with E-state index in [0.717, 1.165) is 11.3 Å². The van der Waals surface area contributed by atoms with Gasteiger partial charge in [-0.25, -0.2) is 0 Å². The molecule has 1 rings (SSSR count). The number of nitrogens with one attached hydrogen (secondary N) is 2. The number of hydrogen-bond donors (Lipinski definition) is 2. The maximum absolute atomic E-state index is 10.9. The van der Waals surface area contributed by atoms with Gasteiger partial charge in [-0.15, -0.1) is 0 Å². The molecule has 0 saturated carbocycles. The van der Waals surface area contributed by atoms with Crippen LogP contribution < -0.4 is 10.9 Å². The number of benzene rings is 1. The number of carbonyl (C=O) groups is 2. The first-order valence-corrected chi connectivity index (χ1v) is 4.23. The molecule has 0 radical (unpaired) electrons. The summed E-state index contributed by atoms with van der Waals surface area (Å²) in [4.78, 5) is 21.4. The highest BCUT2D eigenvalue weighted by Crippen LogP contribution is 2.06. The molecule has 1 aromatic rings. The predicted octanol–water partition coefficient (Wildman–Crippen LogP) is 1.03. The second-order valence-electron chi connectivity index (χ2n) is 3.00. The number of anilines is 1. The van der Waals surface area contributed by atoms with E-state index in [4.69, 9.17) is 0 Å². The molecule has 0 saturated heterocycles. The lowest BCUT2D eigenvalue weighted by molar-refractivity contribution is -0.136. The molecule has 14 heavy (non-hydrogen) atoms. The van der Waals surface area contributed by atoms with Gasteiger partial charge in [0.1, 0.15) is 0 Å². The van der Waals surface area contributed by atoms with Crippen LogP contribution in [-0.4, -0.2) is 11.7 Å². The Balaban J connectivity index is 2.50. The van der Waals surface area contributed by atoms with Crippen LogP contribution in [0, 0.1) is 6.92 Å². The van der Waals surface area contributed by atoms with E-state index < -0.39 is 11.7 Å². The van der Waals surface area contributed by atoms with Crippen LogP contribution in [0.2, 0.25) is 0 Å². The Hall–Kier alpha value is -1.84. The Morgan fingerprint density at radius 3 is 2.21 bits per heavy atom. The van der Waals surface area contributed by atoms with Crippen LogP contribution >= 0.6 is 0 Å². The van der Waals surface area contributed by atoms with Gasteiger partial charge < -0.3 is 0 Å². The van der Waals surface area contributed by atoms with Crippen molar-refractivity contribution in [3.63, 3.8) is 0 Å². The summed E-state index contributed by atoms with van der Waals surface area (Å²) in [5.74, 6) is -1.17. The number of Topliss-reactive ketones (excluding diaryl/α,β-unsaturated/α-hetero) is 1. The lowest BCUT2D eigenvalue weighted by Crippen LogP contribution is -2.33. The van der Waals surface area contributed by atoms with Gasteiger partial charge in [-0.1, -0.05) is 17.7 Å². The summed E-state index contributed by atoms with van der Waals surface area (Å²) < 4.78 is 0. The van der Waals surface area contributed by atoms with Gasteiger partial charge in [0.05, 0.1) is 5.69 Å². The first-order chi connectivity index (χ1) is 6.59. The molecule has 2 N–H and O–H groups in total. The highest BCUT2D eigenvalue weighted by Gasteiger charge is 2.05. The van der Waals surface area contributed by atoms with E-state index in [1.807, 2.05) is 31.2 Å². The molecular weight excluding hydrogens is 180 g/mol. The molecule has 0 aliphatic rings. The van der Waals surface area contributed by atoms with Crippen LogP contribution in [0.15, 0.2) is 24.3 Å². The summed E-state index contributed by atoms with van der Waals surface area (Å²) in [5.41, 5.74) is 6.79. The van der Waals surface area contributed by atoms with Crippen molar-refractivity contribution in [2.45, 2.75) is 13.8 Å². The average molecular weight is 192 g/mol. The van der Waals surface area contributed by atoms with E-state index in [-0.39, 0.29) is 0 Å². The third-order valence-electron chi connectivity index (χ3n) is 1.69. The predicted molar refractivity (Wildman–Crippen MR) is 53.6 cm³/mol. The van der Waals surface area contributed by atoms with E-state index in [0.29, 0.717) is 0 Å². The molecule has 0 bridgehead atoms. The van der Waals surface area contributed by atoms with E-state index in [1.165, 1.54) is 6.92 Å². The number of ketones is 1. The van der Waals surface area contributed by atoms with Crippen molar-refractivity contribution in [3.05, 3.63) is 29.8 Å². The van der Waals surface area contributed by atoms with E-state index in [9.17, 15) is 9.59 Å². The van der Waals surface area contributed by atoms with Gasteiger partial charge in [0.25, 0.3) is 0 Å². The highest BCUT2D eigenvalue weighted by atomic mass is 16.2. The van der Waals surface area contributed by atoms with Crippen molar-refractivity contribution in [3.8, 4) is 0 Å². The van der Waals surface area contributed by atoms with Crippen molar-refractivity contribution in [1.82, 2.24) is 5.43 Å². The first-order valence-electron chi connectivity index (χ1n) is 4.23. The first kappa shape index (κ1) is 10.2. The molecule has 4 nitrogen and oxygen atoms in total. The highest BCUT2D eigenvalue weighted by molar-refractivity contribution is 6.35. The summed E-state index contributed by atoms with van der Waals surface area (Å²) in [5, 5.41) is 0. The average Bonchev–Trinajstić information content (AvgIpc) is 2.16. The molecule has 0 aliphatic carbocycles. The monoisotopic (exact) mass is 192 g/mol. The molecule has 4 heteroatoms. The summed E-state index contributed by atoms with van der Waals surface area (Å²) >= 11 is 0. The Labute approximate surface area is 82.3 Å². The van der Waals surface area contributed by atoms with Crippen LogP contribution in [0.5, 0.6) is 0 Å². The standard InChI is InChI=1S/C10H12N2O2/c1-7-3-5-9(6-4-7)11-12-10(14)8(2)13/h3-6,11H,1-2H3,(H,12,14). The van der Waals surface area contributed by atoms with Gasteiger partial charge in [-0.3, -0.25) is 20.4 Å². The van der Waals surface area contributed by atoms with Gasteiger partial charge >= 0.3 is 5.91 Å². The smallest absolute Gasteiger partial charge is 0.298 e. The zero-order valence-electron chi connectivity index (χ0n) is 8.13. The maximum Gasteiger partial charge on any atom is 0.305 e. The number of hydrazine groups is 1. The zero-order chi connectivity index (χ0) is 10.6. The van der Waals surface area contributed by atoms with Crippen molar-refractivity contribution < 1.29 is 9.59 Å². The molecule has 0 heterocycles. The minimum Gasteiger partial charge on any atom is -0.298 e. The number of aryl methyl sites for hydroxylation is 1. The van der Waals surface area contributed by atoms with E-state index in [2.05, 4.69) is 10.9 Å². The Morgan fingerprint density at radius 2 is 1.71 bits per heavy atom. The third kappa shape index (κ3) is 2.90. The van der Waals surface area contributed by atoms with Crippen molar-refractivity contribution in [2.75, 3.05) is 5.43 Å². The van der Waals surface area contributed by atoms with Gasteiger partial charge in [0, 0.05) is 6.92 Å². The van der Waals surface area contributed by atoms with Crippen molar-refractivity contribution in [1.29, 1.82) is 0 Å². The van der Waals surface area contributed by atoms with Crippen molar-refractivity contribution >= 4 is 17.4 Å². The van der Waals surface area contributed by atoms with E-state index >= 15 is 0 Å². The quantitative estimate of drug-likeness (QED) is 0.555. The summed E-state index contributed by atoms with van der Waals surface area (Å²) in [6.07, 6.45) is 0. The summed E-state index contributed by atoms with van der Waals surface area (Å²) in [6.45, 7) is 3.18. The van der Waals surface area contributed by atoms with Gasteiger partial charge in [0.2, 0.25) is 5.78 Å². The molecule has 0 aliphatic heterocycles. The van der Waals surface area contributed by atoms with Gasteiger partial charge in [0.15, 0.2) is 0 Å². The second-order valence-corrected chi connectivity index (χ2v) is 3.00. The molecule has 0 spiro atoms. The third-order valence-corrected chi connectivity index (χ3v) is 1.69. The zero-order valence-corrected chi connectivity index (χ0v) is 8.13. The number of hydrogen-bond acceptors (Lipinski definition) is 3. The Morgan fingerprint density at radius 1 is 1.14 bits per heavy atom. The lowest BCUT2D eigenvalue weighted by atomic mass is 10.2. The molecule has 0 fully saturated rings. The number of rotatable bonds is 3. The molecule has 0 aromatic heterocycles. The van der Waals surface area contributed by atoms with Crippen molar-refractivity contribution in [2.24, 2.45) is 0 Å². The minimum absolute atomic E-state index is 0.524. The molecule has 0 unspecified atom stereocenters. The molecule has 74 valence electrons. The van der Waals surface area contributed by atoms with Crippen LogP contribution in [0.1, 0.15) is 12.5 Å². The molecule has 1 aromatic carbocycles. The largest absolute Gasteiger partial charge is 0.305 e. The molecular formula is C10H12N2O2. The molecule has 1 amide bonds. The second kappa shape index (κ2) is 4.41. The topological polar surface area (TPSA) is 58.2 Å². The lowest BCUT2D eigenvalue weighted by Gasteiger charge is -2.06. The van der Waals surface area contributed by atoms with Crippen LogP contribution in [0.4, 0.5) is 5.69 Å². The fraction of sp³-hybridized carbons (Fsp3) is 0.200.